The van der Waals surface area contributed by atoms with Crippen molar-refractivity contribution in [2.24, 2.45) is 0 Å². The summed E-state index contributed by atoms with van der Waals surface area (Å²) in [7, 11) is -6.18. The third-order valence-electron chi connectivity index (χ3n) is 4.43. The maximum atomic E-state index is 13.7. The molecule has 0 spiro atoms. The van der Waals surface area contributed by atoms with Crippen molar-refractivity contribution in [3.05, 3.63) is 50.6 Å². The highest BCUT2D eigenvalue weighted by Crippen LogP contribution is 2.69. The zero-order valence-corrected chi connectivity index (χ0v) is 18.6. The van der Waals surface area contributed by atoms with Crippen LogP contribution in [0.2, 0.25) is 0 Å². The van der Waals surface area contributed by atoms with Crippen molar-refractivity contribution >= 4 is 32.4 Å². The molecule has 9 heteroatoms. The Morgan fingerprint density at radius 3 is 1.62 bits per heavy atom. The topological polar surface area (TPSA) is 109 Å². The SMILES string of the molecule is C=CCP(=O)(CC=C)C(CCC(=O)N(CC=O)CC(=O)O)P(=O)(CC=C)CC=C. The van der Waals surface area contributed by atoms with Crippen LogP contribution in [0.4, 0.5) is 0 Å². The van der Waals surface area contributed by atoms with E-state index in [2.05, 4.69) is 26.3 Å². The molecular formula is C20H31NO6P2. The van der Waals surface area contributed by atoms with Gasteiger partial charge in [0.05, 0.1) is 11.9 Å². The van der Waals surface area contributed by atoms with Crippen molar-refractivity contribution in [2.45, 2.75) is 18.2 Å². The fourth-order valence-electron chi connectivity index (χ4n) is 3.28. The number of carboxylic acid groups (broad SMARTS) is 1. The number of rotatable bonds is 17. The van der Waals surface area contributed by atoms with Gasteiger partial charge in [-0.15, -0.1) is 26.3 Å². The molecule has 0 saturated carbocycles. The van der Waals surface area contributed by atoms with Crippen LogP contribution in [0.5, 0.6) is 0 Å². The van der Waals surface area contributed by atoms with Gasteiger partial charge in [0.25, 0.3) is 0 Å². The number of carboxylic acids is 1. The second-order valence-electron chi connectivity index (χ2n) is 6.64. The number of allylic oxidation sites excluding steroid dienone is 4. The number of carbonyl (C=O) groups excluding carboxylic acids is 2. The molecule has 0 aliphatic carbocycles. The quantitative estimate of drug-likeness (QED) is 0.209. The zero-order chi connectivity index (χ0) is 22.5. The van der Waals surface area contributed by atoms with Crippen LogP contribution >= 0.6 is 14.3 Å². The molecule has 0 aromatic heterocycles. The summed E-state index contributed by atoms with van der Waals surface area (Å²) in [5.74, 6) is -1.82. The number of hydrogen-bond acceptors (Lipinski definition) is 5. The summed E-state index contributed by atoms with van der Waals surface area (Å²) >= 11 is 0. The third kappa shape index (κ3) is 8.51. The van der Waals surface area contributed by atoms with Crippen molar-refractivity contribution in [3.8, 4) is 0 Å². The minimum Gasteiger partial charge on any atom is -0.480 e. The van der Waals surface area contributed by atoms with Crippen LogP contribution in [0.15, 0.2) is 50.6 Å². The Bertz CT molecular complexity index is 664. The first-order valence-corrected chi connectivity index (χ1v) is 13.5. The van der Waals surface area contributed by atoms with Crippen molar-refractivity contribution < 1.29 is 28.6 Å². The molecule has 0 aliphatic heterocycles. The van der Waals surface area contributed by atoms with E-state index in [1.807, 2.05) is 0 Å². The number of nitrogens with zero attached hydrogens (tertiary/aromatic N) is 1. The van der Waals surface area contributed by atoms with E-state index in [9.17, 15) is 23.5 Å². The zero-order valence-electron chi connectivity index (χ0n) is 16.8. The average Bonchev–Trinajstić information content (AvgIpc) is 2.61. The predicted octanol–water partition coefficient (Wildman–Crippen LogP) is 3.68. The Kier molecular flexibility index (Phi) is 12.4. The van der Waals surface area contributed by atoms with Gasteiger partial charge in [0, 0.05) is 31.1 Å². The monoisotopic (exact) mass is 443 g/mol. The number of aliphatic carboxylic acids is 1. The molecule has 0 aromatic carbocycles. The second-order valence-corrected chi connectivity index (χ2v) is 13.6. The number of amides is 1. The largest absolute Gasteiger partial charge is 0.480 e. The molecule has 29 heavy (non-hydrogen) atoms. The molecule has 0 fully saturated rings. The molecule has 0 unspecified atom stereocenters. The van der Waals surface area contributed by atoms with Crippen molar-refractivity contribution in [2.75, 3.05) is 37.7 Å². The lowest BCUT2D eigenvalue weighted by Gasteiger charge is -2.33. The first-order chi connectivity index (χ1) is 13.6. The molecule has 0 rings (SSSR count). The summed E-state index contributed by atoms with van der Waals surface area (Å²) in [4.78, 5) is 35.1. The highest BCUT2D eigenvalue weighted by atomic mass is 31.2. The number of aldehydes is 1. The minimum absolute atomic E-state index is 0.0335. The molecule has 0 bridgehead atoms. The van der Waals surface area contributed by atoms with E-state index >= 15 is 0 Å². The van der Waals surface area contributed by atoms with Crippen molar-refractivity contribution in [3.63, 3.8) is 0 Å². The Hall–Kier alpha value is -1.97. The van der Waals surface area contributed by atoms with E-state index in [0.717, 1.165) is 4.90 Å². The lowest BCUT2D eigenvalue weighted by molar-refractivity contribution is -0.144. The predicted molar refractivity (Wildman–Crippen MR) is 119 cm³/mol. The van der Waals surface area contributed by atoms with Crippen molar-refractivity contribution in [1.29, 1.82) is 0 Å². The lowest BCUT2D eigenvalue weighted by Crippen LogP contribution is -2.37. The summed E-state index contributed by atoms with van der Waals surface area (Å²) in [5.41, 5.74) is 0. The second kappa shape index (κ2) is 13.3. The standard InChI is InChI=1S/C20H31NO6P2/c1-5-13-28(26,14-6-2)20(29(27,15-7-3)16-8-4)10-9-18(23)21(11-12-22)17-19(24)25/h5-8,12,20H,1-4,9-11,13-17H2,(H,24,25). The van der Waals surface area contributed by atoms with Gasteiger partial charge in [-0.25, -0.2) is 0 Å². The molecule has 0 saturated heterocycles. The van der Waals surface area contributed by atoms with Gasteiger partial charge in [-0.1, -0.05) is 24.3 Å². The molecule has 0 aliphatic rings. The number of hydrogen-bond donors (Lipinski definition) is 1. The maximum absolute atomic E-state index is 13.7. The van der Waals surface area contributed by atoms with Crippen LogP contribution in [0.1, 0.15) is 12.8 Å². The first kappa shape index (κ1) is 27.0. The molecule has 0 atom stereocenters. The van der Waals surface area contributed by atoms with E-state index in [1.165, 1.54) is 24.3 Å². The van der Waals surface area contributed by atoms with Crippen LogP contribution in [0.3, 0.4) is 0 Å². The highest BCUT2D eigenvalue weighted by molar-refractivity contribution is 7.82. The summed E-state index contributed by atoms with van der Waals surface area (Å²) in [6, 6.07) is 0. The molecule has 162 valence electrons. The lowest BCUT2D eigenvalue weighted by atomic mass is 10.3. The molecule has 7 nitrogen and oxygen atoms in total. The van der Waals surface area contributed by atoms with E-state index in [0.29, 0.717) is 6.29 Å². The van der Waals surface area contributed by atoms with E-state index in [-0.39, 0.29) is 44.0 Å². The minimum atomic E-state index is -3.09. The van der Waals surface area contributed by atoms with Gasteiger partial charge in [0.2, 0.25) is 5.91 Å². The van der Waals surface area contributed by atoms with E-state index in [4.69, 9.17) is 5.11 Å². The summed E-state index contributed by atoms with van der Waals surface area (Å²) < 4.78 is 27.5. The van der Waals surface area contributed by atoms with Gasteiger partial charge in [-0.2, -0.15) is 0 Å². The fraction of sp³-hybridized carbons (Fsp3) is 0.450. The average molecular weight is 443 g/mol. The molecule has 1 N–H and O–H groups in total. The van der Waals surface area contributed by atoms with Crippen LogP contribution in [0.25, 0.3) is 0 Å². The first-order valence-electron chi connectivity index (χ1n) is 9.16. The molecule has 0 radical (unpaired) electrons. The summed E-state index contributed by atoms with van der Waals surface area (Å²) in [6.45, 7) is 13.6. The molecule has 0 heterocycles. The van der Waals surface area contributed by atoms with Gasteiger partial charge in [-0.05, 0) is 6.42 Å². The Balaban J connectivity index is 5.95. The Morgan fingerprint density at radius 1 is 0.897 bits per heavy atom. The van der Waals surface area contributed by atoms with Crippen LogP contribution < -0.4 is 0 Å². The molecular weight excluding hydrogens is 412 g/mol. The normalized spacial score (nSPS) is 11.5. The van der Waals surface area contributed by atoms with E-state index < -0.39 is 38.1 Å². The van der Waals surface area contributed by atoms with Crippen LogP contribution in [0, 0.1) is 0 Å². The van der Waals surface area contributed by atoms with Gasteiger partial charge in [-0.3, -0.25) is 9.59 Å². The van der Waals surface area contributed by atoms with Gasteiger partial charge in [0.15, 0.2) is 0 Å². The Labute approximate surface area is 173 Å². The third-order valence-corrected chi connectivity index (χ3v) is 13.1. The number of carbonyl (C=O) groups is 3. The molecule has 1 amide bonds. The van der Waals surface area contributed by atoms with Crippen molar-refractivity contribution in [1.82, 2.24) is 4.90 Å². The Morgan fingerprint density at radius 2 is 1.31 bits per heavy atom. The van der Waals surface area contributed by atoms with Crippen LogP contribution in [-0.4, -0.2) is 71.3 Å². The summed E-state index contributed by atoms with van der Waals surface area (Å²) in [6.07, 6.45) is 6.90. The molecule has 0 aromatic rings. The smallest absolute Gasteiger partial charge is 0.323 e. The van der Waals surface area contributed by atoms with Crippen LogP contribution in [-0.2, 0) is 23.5 Å². The van der Waals surface area contributed by atoms with E-state index in [1.54, 1.807) is 0 Å². The summed E-state index contributed by atoms with van der Waals surface area (Å²) in [5, 5.41) is 8.15. The maximum Gasteiger partial charge on any atom is 0.323 e. The van der Waals surface area contributed by atoms with Gasteiger partial charge < -0.3 is 23.9 Å². The highest BCUT2D eigenvalue weighted by Gasteiger charge is 2.43. The van der Waals surface area contributed by atoms with Gasteiger partial charge >= 0.3 is 5.97 Å². The fourth-order valence-corrected chi connectivity index (χ4v) is 11.7. The van der Waals surface area contributed by atoms with Gasteiger partial charge in [0.1, 0.15) is 27.1 Å².